The van der Waals surface area contributed by atoms with E-state index in [-0.39, 0.29) is 0 Å². The highest BCUT2D eigenvalue weighted by atomic mass is 31.2. The third-order valence-corrected chi connectivity index (χ3v) is 4.49. The third kappa shape index (κ3) is 5.45. The van der Waals surface area contributed by atoms with Crippen LogP contribution in [0.3, 0.4) is 0 Å². The molecule has 5 heteroatoms. The Kier molecular flexibility index (Phi) is 7.32. The fourth-order valence-electron chi connectivity index (χ4n) is 1.75. The fraction of sp³-hybridized carbons (Fsp3) is 0.571. The molecule has 0 spiro atoms. The highest BCUT2D eigenvalue weighted by Gasteiger charge is 2.33. The Labute approximate surface area is 115 Å². The van der Waals surface area contributed by atoms with Gasteiger partial charge in [0.1, 0.15) is 5.78 Å². The van der Waals surface area contributed by atoms with Crippen LogP contribution in [0.15, 0.2) is 30.3 Å². The molecule has 1 aromatic carbocycles. The molecule has 0 saturated carbocycles. The van der Waals surface area contributed by atoms with E-state index >= 15 is 0 Å². The quantitative estimate of drug-likeness (QED) is 0.536. The predicted molar refractivity (Wildman–Crippen MR) is 78.2 cm³/mol. The molecule has 0 bridgehead atoms. The summed E-state index contributed by atoms with van der Waals surface area (Å²) < 4.78 is 17.6. The Bertz CT molecular complexity index is 397. The summed E-state index contributed by atoms with van der Waals surface area (Å²) in [4.78, 5) is 10.2. The Morgan fingerprint density at radius 3 is 2.53 bits per heavy atom. The van der Waals surface area contributed by atoms with Crippen molar-refractivity contribution in [3.63, 3.8) is 0 Å². The summed E-state index contributed by atoms with van der Waals surface area (Å²) in [5, 5.41) is 3.11. The molecule has 0 radical (unpaired) electrons. The first-order valence-electron chi connectivity index (χ1n) is 6.87. The van der Waals surface area contributed by atoms with E-state index in [0.29, 0.717) is 13.2 Å². The number of rotatable bonds is 9. The van der Waals surface area contributed by atoms with Crippen LogP contribution in [0.2, 0.25) is 0 Å². The van der Waals surface area contributed by atoms with Gasteiger partial charge in [0.25, 0.3) is 0 Å². The average Bonchev–Trinajstić information content (AvgIpc) is 2.40. The normalized spacial score (nSPS) is 15.9. The van der Waals surface area contributed by atoms with E-state index in [9.17, 15) is 9.46 Å². The number of nitrogens with one attached hydrogen (secondary N) is 1. The fourth-order valence-corrected chi connectivity index (χ4v) is 3.20. The zero-order valence-corrected chi connectivity index (χ0v) is 12.6. The Balaban J connectivity index is 2.80. The Morgan fingerprint density at radius 2 is 1.95 bits per heavy atom. The lowest BCUT2D eigenvalue weighted by atomic mass is 10.2. The molecule has 1 aromatic rings. The second-order valence-electron chi connectivity index (χ2n) is 4.52. The molecule has 1 rings (SSSR count). The average molecular weight is 285 g/mol. The van der Waals surface area contributed by atoms with Crippen LogP contribution in [0.4, 0.5) is 0 Å². The summed E-state index contributed by atoms with van der Waals surface area (Å²) in [5.74, 6) is -0.648. The molecule has 2 N–H and O–H groups in total. The highest BCUT2D eigenvalue weighted by molar-refractivity contribution is 7.53. The minimum absolute atomic E-state index is 0.321. The Hall–Kier alpha value is -0.670. The largest absolute Gasteiger partial charge is 0.349 e. The van der Waals surface area contributed by atoms with Gasteiger partial charge < -0.3 is 9.42 Å². The molecule has 0 heterocycles. The standard InChI is InChI=1S/C14H24NO3P/c1-3-5-12-18-19(16,17)14(15-11-4-2)13-9-7-6-8-10-13/h6-10,14-15H,3-5,11-12H2,1-2H3,(H,16,17). The molecule has 2 atom stereocenters. The molecule has 108 valence electrons. The van der Waals surface area contributed by atoms with E-state index in [0.717, 1.165) is 24.8 Å². The minimum atomic E-state index is -3.70. The molecule has 4 nitrogen and oxygen atoms in total. The van der Waals surface area contributed by atoms with Gasteiger partial charge in [-0.3, -0.25) is 9.88 Å². The lowest BCUT2D eigenvalue weighted by molar-refractivity contribution is 0.242. The predicted octanol–water partition coefficient (Wildman–Crippen LogP) is 3.69. The van der Waals surface area contributed by atoms with Crippen LogP contribution < -0.4 is 5.32 Å². The van der Waals surface area contributed by atoms with Crippen molar-refractivity contribution in [1.82, 2.24) is 5.32 Å². The van der Waals surface area contributed by atoms with E-state index < -0.39 is 13.4 Å². The van der Waals surface area contributed by atoms with Crippen LogP contribution in [0.5, 0.6) is 0 Å². The molecule has 0 aliphatic rings. The first-order chi connectivity index (χ1) is 9.11. The smallest absolute Gasteiger partial charge is 0.323 e. The second-order valence-corrected chi connectivity index (χ2v) is 6.42. The summed E-state index contributed by atoms with van der Waals surface area (Å²) in [7, 11) is -3.70. The van der Waals surface area contributed by atoms with Crippen LogP contribution in [0.25, 0.3) is 0 Å². The number of unbranched alkanes of at least 4 members (excludes halogenated alkanes) is 1. The van der Waals surface area contributed by atoms with Crippen LogP contribution in [-0.2, 0) is 9.09 Å². The maximum atomic E-state index is 12.4. The van der Waals surface area contributed by atoms with Crippen LogP contribution in [0, 0.1) is 0 Å². The molecule has 19 heavy (non-hydrogen) atoms. The van der Waals surface area contributed by atoms with Gasteiger partial charge >= 0.3 is 7.60 Å². The van der Waals surface area contributed by atoms with E-state index in [1.165, 1.54) is 0 Å². The SMILES string of the molecule is CCCCOP(=O)(O)C(NCCC)c1ccccc1. The number of hydrogen-bond acceptors (Lipinski definition) is 3. The van der Waals surface area contributed by atoms with Gasteiger partial charge in [-0.1, -0.05) is 50.6 Å². The lowest BCUT2D eigenvalue weighted by Gasteiger charge is -2.24. The molecule has 0 fully saturated rings. The van der Waals surface area contributed by atoms with Crippen molar-refractivity contribution in [3.8, 4) is 0 Å². The van der Waals surface area contributed by atoms with E-state index in [4.69, 9.17) is 4.52 Å². The van der Waals surface area contributed by atoms with Gasteiger partial charge in [-0.05, 0) is 24.9 Å². The van der Waals surface area contributed by atoms with Gasteiger partial charge in [0.05, 0.1) is 6.61 Å². The van der Waals surface area contributed by atoms with Crippen LogP contribution in [-0.4, -0.2) is 18.0 Å². The summed E-state index contributed by atoms with van der Waals surface area (Å²) in [6.45, 7) is 5.05. The number of hydrogen-bond donors (Lipinski definition) is 2. The van der Waals surface area contributed by atoms with E-state index in [2.05, 4.69) is 5.32 Å². The highest BCUT2D eigenvalue weighted by Crippen LogP contribution is 2.54. The van der Waals surface area contributed by atoms with Crippen molar-refractivity contribution in [1.29, 1.82) is 0 Å². The maximum Gasteiger partial charge on any atom is 0.349 e. The zero-order valence-electron chi connectivity index (χ0n) is 11.7. The van der Waals surface area contributed by atoms with Gasteiger partial charge in [-0.2, -0.15) is 0 Å². The van der Waals surface area contributed by atoms with Gasteiger partial charge in [-0.15, -0.1) is 0 Å². The van der Waals surface area contributed by atoms with Crippen molar-refractivity contribution < 1.29 is 14.0 Å². The van der Waals surface area contributed by atoms with Crippen molar-refractivity contribution in [2.45, 2.75) is 38.9 Å². The van der Waals surface area contributed by atoms with Gasteiger partial charge in [0.15, 0.2) is 0 Å². The van der Waals surface area contributed by atoms with Crippen molar-refractivity contribution in [3.05, 3.63) is 35.9 Å². The topological polar surface area (TPSA) is 58.6 Å². The summed E-state index contributed by atoms with van der Waals surface area (Å²) in [6.07, 6.45) is 2.64. The lowest BCUT2D eigenvalue weighted by Crippen LogP contribution is -2.23. The monoisotopic (exact) mass is 285 g/mol. The van der Waals surface area contributed by atoms with Gasteiger partial charge in [0.2, 0.25) is 0 Å². The first kappa shape index (κ1) is 16.4. The zero-order chi connectivity index (χ0) is 14.1. The second kappa shape index (κ2) is 8.49. The van der Waals surface area contributed by atoms with Gasteiger partial charge in [0, 0.05) is 0 Å². The van der Waals surface area contributed by atoms with Crippen molar-refractivity contribution in [2.75, 3.05) is 13.2 Å². The molecule has 0 aliphatic heterocycles. The van der Waals surface area contributed by atoms with Gasteiger partial charge in [-0.25, -0.2) is 0 Å². The maximum absolute atomic E-state index is 12.4. The van der Waals surface area contributed by atoms with Crippen molar-refractivity contribution >= 4 is 7.60 Å². The molecule has 0 saturated heterocycles. The van der Waals surface area contributed by atoms with E-state index in [1.807, 2.05) is 44.2 Å². The number of benzene rings is 1. The molecular formula is C14H24NO3P. The van der Waals surface area contributed by atoms with Crippen molar-refractivity contribution in [2.24, 2.45) is 0 Å². The molecule has 0 aliphatic carbocycles. The summed E-state index contributed by atoms with van der Waals surface area (Å²) in [5.41, 5.74) is 0.790. The van der Waals surface area contributed by atoms with Crippen LogP contribution in [0.1, 0.15) is 44.5 Å². The molecule has 2 unspecified atom stereocenters. The van der Waals surface area contributed by atoms with Crippen LogP contribution >= 0.6 is 7.60 Å². The first-order valence-corrected chi connectivity index (χ1v) is 8.51. The Morgan fingerprint density at radius 1 is 1.26 bits per heavy atom. The molecular weight excluding hydrogens is 261 g/mol. The summed E-state index contributed by atoms with van der Waals surface area (Å²) >= 11 is 0. The third-order valence-electron chi connectivity index (χ3n) is 2.80. The van der Waals surface area contributed by atoms with E-state index in [1.54, 1.807) is 0 Å². The summed E-state index contributed by atoms with van der Waals surface area (Å²) in [6, 6.07) is 9.31. The molecule has 0 aromatic heterocycles. The minimum Gasteiger partial charge on any atom is -0.323 e. The molecule has 0 amide bonds.